The minimum atomic E-state index is -0.539. The molecule has 1 atom stereocenters. The van der Waals surface area contributed by atoms with Crippen LogP contribution in [-0.4, -0.2) is 33.3 Å². The van der Waals surface area contributed by atoms with Crippen LogP contribution >= 0.6 is 27.7 Å². The van der Waals surface area contributed by atoms with E-state index in [4.69, 9.17) is 9.47 Å². The Morgan fingerprint density at radius 2 is 1.81 bits per heavy atom. The third-order valence-electron chi connectivity index (χ3n) is 5.50. The van der Waals surface area contributed by atoms with Crippen LogP contribution in [0.2, 0.25) is 0 Å². The van der Waals surface area contributed by atoms with Crippen LogP contribution in [-0.2, 0) is 6.61 Å². The van der Waals surface area contributed by atoms with E-state index in [0.717, 1.165) is 11.3 Å². The fraction of sp³-hybridized carbons (Fsp3) is 0.231. The predicted octanol–water partition coefficient (Wildman–Crippen LogP) is 6.34. The Labute approximate surface area is 221 Å². The number of methoxy groups -OCH3 is 1. The Balaban J connectivity index is 1.64. The van der Waals surface area contributed by atoms with Gasteiger partial charge in [-0.25, -0.2) is 0 Å². The highest BCUT2D eigenvalue weighted by atomic mass is 79.9. The number of aryl methyl sites for hydroxylation is 2. The number of thioether (sulfide) groups is 1. The first-order valence-electron chi connectivity index (χ1n) is 11.2. The van der Waals surface area contributed by atoms with Crippen LogP contribution in [0.15, 0.2) is 76.4 Å². The van der Waals surface area contributed by atoms with E-state index in [2.05, 4.69) is 26.1 Å². The molecule has 0 unspecified atom stereocenters. The lowest BCUT2D eigenvalue weighted by Crippen LogP contribution is -2.12. The average Bonchev–Trinajstić information content (AvgIpc) is 3.23. The second-order valence-corrected chi connectivity index (χ2v) is 10.2. The zero-order valence-electron chi connectivity index (χ0n) is 20.1. The lowest BCUT2D eigenvalue weighted by Gasteiger charge is -2.18. The van der Waals surface area contributed by atoms with Gasteiger partial charge < -0.3 is 9.47 Å². The van der Waals surface area contributed by atoms with Crippen molar-refractivity contribution in [2.75, 3.05) is 13.7 Å². The molecule has 0 aliphatic rings. The van der Waals surface area contributed by atoms with Crippen LogP contribution in [0, 0.1) is 24.0 Å². The molecule has 0 radical (unpaired) electrons. The van der Waals surface area contributed by atoms with Gasteiger partial charge >= 0.3 is 0 Å². The number of halogens is 1. The largest absolute Gasteiger partial charge is 0.493 e. The Morgan fingerprint density at radius 1 is 1.08 bits per heavy atom. The number of hydrogen-bond acceptors (Lipinski definition) is 7. The molecule has 10 heteroatoms. The molecule has 0 amide bonds. The molecule has 8 nitrogen and oxygen atoms in total. The molecule has 4 aromatic rings. The predicted molar refractivity (Wildman–Crippen MR) is 143 cm³/mol. The summed E-state index contributed by atoms with van der Waals surface area (Å²) in [6.07, 6.45) is 0. The van der Waals surface area contributed by atoms with E-state index < -0.39 is 5.25 Å². The van der Waals surface area contributed by atoms with Gasteiger partial charge in [0.2, 0.25) is 6.54 Å². The van der Waals surface area contributed by atoms with Gasteiger partial charge in [-0.2, -0.15) is 0 Å². The van der Waals surface area contributed by atoms with Gasteiger partial charge in [0, 0.05) is 10.6 Å². The highest BCUT2D eigenvalue weighted by Gasteiger charge is 2.26. The standard InChI is InChI=1S/C26H25BrN4O4S/c1-17-9-11-19(12-10-17)16-35-25-22(27)13-20(14-23(25)34-3)24(15-30(32)33)36-26-29-28-18(2)31(26)21-7-5-4-6-8-21/h4-14,24H,15-16H2,1-3H3/t24-/m0/s1. The number of para-hydroxylation sites is 1. The third kappa shape index (κ3) is 6.06. The fourth-order valence-corrected chi connectivity index (χ4v) is 5.40. The van der Waals surface area contributed by atoms with Crippen molar-refractivity contribution in [1.82, 2.24) is 14.8 Å². The topological polar surface area (TPSA) is 92.3 Å². The highest BCUT2D eigenvalue weighted by Crippen LogP contribution is 2.43. The SMILES string of the molecule is COc1cc([C@H](C[N+](=O)[O-])Sc2nnc(C)n2-c2ccccc2)cc(Br)c1OCc1ccc(C)cc1. The molecular weight excluding hydrogens is 544 g/mol. The molecule has 1 aromatic heterocycles. The Bertz CT molecular complexity index is 1350. The van der Waals surface area contributed by atoms with E-state index in [-0.39, 0.29) is 11.5 Å². The number of nitro groups is 1. The van der Waals surface area contributed by atoms with Crippen molar-refractivity contribution in [3.05, 3.63) is 104 Å². The summed E-state index contributed by atoms with van der Waals surface area (Å²) in [6, 6.07) is 21.4. The molecule has 0 saturated heterocycles. The van der Waals surface area contributed by atoms with Crippen molar-refractivity contribution >= 4 is 27.7 Å². The highest BCUT2D eigenvalue weighted by molar-refractivity contribution is 9.10. The number of benzene rings is 3. The fourth-order valence-electron chi connectivity index (χ4n) is 3.67. The molecule has 3 aromatic carbocycles. The van der Waals surface area contributed by atoms with Gasteiger partial charge in [-0.3, -0.25) is 14.7 Å². The molecule has 1 heterocycles. The van der Waals surface area contributed by atoms with Crippen LogP contribution in [0.3, 0.4) is 0 Å². The summed E-state index contributed by atoms with van der Waals surface area (Å²) in [5.41, 5.74) is 3.80. The molecule has 0 aliphatic heterocycles. The summed E-state index contributed by atoms with van der Waals surface area (Å²) in [4.78, 5) is 11.3. The van der Waals surface area contributed by atoms with E-state index >= 15 is 0 Å². The van der Waals surface area contributed by atoms with Crippen LogP contribution in [0.5, 0.6) is 11.5 Å². The molecular formula is C26H25BrN4O4S. The van der Waals surface area contributed by atoms with Gasteiger partial charge in [0.05, 0.1) is 11.6 Å². The molecule has 0 N–H and O–H groups in total. The maximum atomic E-state index is 11.6. The lowest BCUT2D eigenvalue weighted by molar-refractivity contribution is -0.479. The summed E-state index contributed by atoms with van der Waals surface area (Å²) in [6.45, 7) is 3.95. The maximum absolute atomic E-state index is 11.6. The minimum absolute atomic E-state index is 0.301. The van der Waals surface area contributed by atoms with Crippen molar-refractivity contribution in [3.8, 4) is 17.2 Å². The van der Waals surface area contributed by atoms with Gasteiger partial charge in [0.15, 0.2) is 16.7 Å². The summed E-state index contributed by atoms with van der Waals surface area (Å²) >= 11 is 4.87. The molecule has 36 heavy (non-hydrogen) atoms. The maximum Gasteiger partial charge on any atom is 0.220 e. The number of aromatic nitrogens is 3. The average molecular weight is 569 g/mol. The second kappa shape index (κ2) is 11.6. The van der Waals surface area contributed by atoms with Crippen LogP contribution in [0.25, 0.3) is 5.69 Å². The van der Waals surface area contributed by atoms with Crippen molar-refractivity contribution in [1.29, 1.82) is 0 Å². The second-order valence-electron chi connectivity index (χ2n) is 8.13. The van der Waals surface area contributed by atoms with E-state index in [9.17, 15) is 10.1 Å². The number of ether oxygens (including phenoxy) is 2. The molecule has 186 valence electrons. The van der Waals surface area contributed by atoms with E-state index in [1.165, 1.54) is 17.3 Å². The lowest BCUT2D eigenvalue weighted by atomic mass is 10.1. The molecule has 0 aliphatic carbocycles. The first-order chi connectivity index (χ1) is 17.4. The Kier molecular flexibility index (Phi) is 8.27. The minimum Gasteiger partial charge on any atom is -0.493 e. The zero-order chi connectivity index (χ0) is 25.7. The van der Waals surface area contributed by atoms with Gasteiger partial charge in [-0.05, 0) is 65.2 Å². The summed E-state index contributed by atoms with van der Waals surface area (Å²) in [7, 11) is 1.55. The third-order valence-corrected chi connectivity index (χ3v) is 7.27. The molecule has 0 bridgehead atoms. The van der Waals surface area contributed by atoms with E-state index in [1.807, 2.05) is 79.1 Å². The summed E-state index contributed by atoms with van der Waals surface area (Å²) < 4.78 is 14.2. The summed E-state index contributed by atoms with van der Waals surface area (Å²) in [5, 5.41) is 20.1. The van der Waals surface area contributed by atoms with Crippen molar-refractivity contribution < 1.29 is 14.4 Å². The Morgan fingerprint density at radius 3 is 2.47 bits per heavy atom. The zero-order valence-corrected chi connectivity index (χ0v) is 22.5. The molecule has 0 fully saturated rings. The van der Waals surface area contributed by atoms with Crippen LogP contribution in [0.4, 0.5) is 0 Å². The molecule has 4 rings (SSSR count). The first-order valence-corrected chi connectivity index (χ1v) is 12.8. The normalized spacial score (nSPS) is 11.8. The first kappa shape index (κ1) is 25.7. The van der Waals surface area contributed by atoms with Crippen molar-refractivity contribution in [3.63, 3.8) is 0 Å². The van der Waals surface area contributed by atoms with Gasteiger partial charge in [0.25, 0.3) is 0 Å². The summed E-state index contributed by atoms with van der Waals surface area (Å²) in [5.74, 6) is 1.72. The smallest absolute Gasteiger partial charge is 0.220 e. The van der Waals surface area contributed by atoms with E-state index in [0.29, 0.717) is 39.1 Å². The van der Waals surface area contributed by atoms with Gasteiger partial charge in [-0.1, -0.05) is 59.8 Å². The van der Waals surface area contributed by atoms with Crippen molar-refractivity contribution in [2.24, 2.45) is 0 Å². The quantitative estimate of drug-likeness (QED) is 0.125. The van der Waals surface area contributed by atoms with E-state index in [1.54, 1.807) is 13.2 Å². The molecule has 0 spiro atoms. The van der Waals surface area contributed by atoms with Gasteiger partial charge in [-0.15, -0.1) is 10.2 Å². The number of hydrogen-bond donors (Lipinski definition) is 0. The van der Waals surface area contributed by atoms with Crippen molar-refractivity contribution in [2.45, 2.75) is 30.9 Å². The van der Waals surface area contributed by atoms with Crippen LogP contribution in [0.1, 0.15) is 27.8 Å². The molecule has 0 saturated carbocycles. The Hall–Kier alpha value is -3.37. The number of rotatable bonds is 10. The van der Waals surface area contributed by atoms with Crippen LogP contribution < -0.4 is 9.47 Å². The van der Waals surface area contributed by atoms with Gasteiger partial charge in [0.1, 0.15) is 17.7 Å². The monoisotopic (exact) mass is 568 g/mol. The number of nitrogens with zero attached hydrogens (tertiary/aromatic N) is 4.